The lowest BCUT2D eigenvalue weighted by atomic mass is 9.99. The molecule has 0 aliphatic rings. The molecule has 2 atom stereocenters. The number of unbranched alkanes of at least 4 members (excludes halogenated alkanes) is 2. The molecule has 0 spiro atoms. The van der Waals surface area contributed by atoms with Crippen molar-refractivity contribution >= 4 is 17.9 Å². The fourth-order valence-corrected chi connectivity index (χ4v) is 3.57. The lowest BCUT2D eigenvalue weighted by Gasteiger charge is -2.33. The highest BCUT2D eigenvalue weighted by Crippen LogP contribution is 2.26. The van der Waals surface area contributed by atoms with Crippen LogP contribution in [0.15, 0.2) is 24.3 Å². The second-order valence-corrected chi connectivity index (χ2v) is 9.95. The Morgan fingerprint density at radius 3 is 2.43 bits per heavy atom. The van der Waals surface area contributed by atoms with Crippen LogP contribution in [0.4, 0.5) is 4.79 Å². The van der Waals surface area contributed by atoms with Gasteiger partial charge in [-0.1, -0.05) is 45.7 Å². The summed E-state index contributed by atoms with van der Waals surface area (Å²) < 4.78 is 5.33. The number of benzene rings is 1. The summed E-state index contributed by atoms with van der Waals surface area (Å²) in [7, 11) is 0. The predicted octanol–water partition coefficient (Wildman–Crippen LogP) is 4.03. The van der Waals surface area contributed by atoms with Gasteiger partial charge in [0, 0.05) is 6.54 Å². The zero-order valence-electron chi connectivity index (χ0n) is 21.8. The molecule has 0 bridgehead atoms. The zero-order valence-corrected chi connectivity index (χ0v) is 21.8. The molecule has 0 aliphatic heterocycles. The molecule has 9 nitrogen and oxygen atoms in total. The summed E-state index contributed by atoms with van der Waals surface area (Å²) in [6.07, 6.45) is 2.22. The fourth-order valence-electron chi connectivity index (χ4n) is 3.57. The van der Waals surface area contributed by atoms with Gasteiger partial charge in [-0.15, -0.1) is 0 Å². The number of hydrogen-bond donors (Lipinski definition) is 3. The van der Waals surface area contributed by atoms with Crippen molar-refractivity contribution in [3.63, 3.8) is 0 Å². The lowest BCUT2D eigenvalue weighted by molar-refractivity contribution is -0.142. The minimum atomic E-state index is -1.16. The summed E-state index contributed by atoms with van der Waals surface area (Å²) in [5, 5.41) is 25.0. The number of nitrogens with zero attached hydrogens (tertiary/aromatic N) is 2. The van der Waals surface area contributed by atoms with Crippen molar-refractivity contribution < 1.29 is 24.2 Å². The van der Waals surface area contributed by atoms with Crippen LogP contribution >= 0.6 is 0 Å². The largest absolute Gasteiger partial charge is 0.508 e. The molecule has 0 saturated carbocycles. The maximum Gasteiger partial charge on any atom is 0.408 e. The van der Waals surface area contributed by atoms with E-state index in [0.29, 0.717) is 12.1 Å². The van der Waals surface area contributed by atoms with E-state index in [1.54, 1.807) is 32.9 Å². The summed E-state index contributed by atoms with van der Waals surface area (Å²) in [6, 6.07) is 5.84. The highest BCUT2D eigenvalue weighted by atomic mass is 16.6. The standard InChI is InChI=1S/C26H40N4O5/c1-7-8-9-14-28-23(32)22(19-11-10-12-20(31)17-19)30(15-13-27)24(33)21(16-18(2)3)29-25(34)35-26(4,5)6/h10-12,17-18,21-22,31H,7-9,14-16H2,1-6H3,(H,28,32)(H,29,34). The minimum absolute atomic E-state index is 0.0323. The van der Waals surface area contributed by atoms with Crippen molar-refractivity contribution in [3.8, 4) is 11.8 Å². The first-order valence-electron chi connectivity index (χ1n) is 12.1. The summed E-state index contributed by atoms with van der Waals surface area (Å²) in [5.74, 6) is -1.08. The molecular formula is C26H40N4O5. The number of carbonyl (C=O) groups excluding carboxylic acids is 3. The van der Waals surface area contributed by atoms with E-state index < -0.39 is 35.6 Å². The minimum Gasteiger partial charge on any atom is -0.508 e. The summed E-state index contributed by atoms with van der Waals surface area (Å²) in [6.45, 7) is 11.0. The van der Waals surface area contributed by atoms with Crippen molar-refractivity contribution in [1.82, 2.24) is 15.5 Å². The first-order valence-corrected chi connectivity index (χ1v) is 12.1. The number of amides is 3. The number of phenols is 1. The molecule has 1 aromatic carbocycles. The van der Waals surface area contributed by atoms with E-state index in [-0.39, 0.29) is 24.6 Å². The summed E-state index contributed by atoms with van der Waals surface area (Å²) >= 11 is 0. The first kappa shape index (κ1) is 29.8. The average molecular weight is 489 g/mol. The predicted molar refractivity (Wildman–Crippen MR) is 133 cm³/mol. The van der Waals surface area contributed by atoms with Crippen LogP contribution in [-0.4, -0.2) is 52.6 Å². The van der Waals surface area contributed by atoms with Gasteiger partial charge in [-0.05, 0) is 57.2 Å². The lowest BCUT2D eigenvalue weighted by Crippen LogP contribution is -2.53. The molecule has 0 saturated heterocycles. The van der Waals surface area contributed by atoms with Crippen LogP contribution in [0.1, 0.15) is 78.8 Å². The van der Waals surface area contributed by atoms with Gasteiger partial charge in [0.15, 0.2) is 0 Å². The highest BCUT2D eigenvalue weighted by molar-refractivity contribution is 5.92. The van der Waals surface area contributed by atoms with Crippen LogP contribution in [0, 0.1) is 17.2 Å². The van der Waals surface area contributed by atoms with Crippen molar-refractivity contribution in [2.75, 3.05) is 13.1 Å². The van der Waals surface area contributed by atoms with E-state index in [0.717, 1.165) is 24.2 Å². The van der Waals surface area contributed by atoms with Crippen LogP contribution in [0.3, 0.4) is 0 Å². The van der Waals surface area contributed by atoms with Gasteiger partial charge in [-0.3, -0.25) is 9.59 Å². The fraction of sp³-hybridized carbons (Fsp3) is 0.615. The number of ether oxygens (including phenoxy) is 1. The van der Waals surface area contributed by atoms with Crippen LogP contribution in [0.25, 0.3) is 0 Å². The van der Waals surface area contributed by atoms with Crippen LogP contribution < -0.4 is 10.6 Å². The quantitative estimate of drug-likeness (QED) is 0.301. The van der Waals surface area contributed by atoms with Gasteiger partial charge in [0.25, 0.3) is 0 Å². The van der Waals surface area contributed by atoms with Gasteiger partial charge in [0.05, 0.1) is 6.07 Å². The maximum absolute atomic E-state index is 13.7. The van der Waals surface area contributed by atoms with Crippen molar-refractivity contribution in [1.29, 1.82) is 5.26 Å². The molecule has 3 N–H and O–H groups in total. The number of hydrogen-bond acceptors (Lipinski definition) is 6. The first-order chi connectivity index (χ1) is 16.4. The van der Waals surface area contributed by atoms with Crippen molar-refractivity contribution in [2.24, 2.45) is 5.92 Å². The zero-order chi connectivity index (χ0) is 26.6. The van der Waals surface area contributed by atoms with Gasteiger partial charge in [-0.25, -0.2) is 4.79 Å². The van der Waals surface area contributed by atoms with Crippen LogP contribution in [0.5, 0.6) is 5.75 Å². The Morgan fingerprint density at radius 2 is 1.89 bits per heavy atom. The van der Waals surface area contributed by atoms with Crippen molar-refractivity contribution in [3.05, 3.63) is 29.8 Å². The molecule has 1 rings (SSSR count). The number of phenolic OH excluding ortho intramolecular Hbond substituents is 1. The third-order valence-corrected chi connectivity index (χ3v) is 5.05. The smallest absolute Gasteiger partial charge is 0.408 e. The normalized spacial score (nSPS) is 12.9. The molecular weight excluding hydrogens is 448 g/mol. The van der Waals surface area contributed by atoms with E-state index in [1.165, 1.54) is 12.1 Å². The van der Waals surface area contributed by atoms with E-state index >= 15 is 0 Å². The molecule has 35 heavy (non-hydrogen) atoms. The molecule has 194 valence electrons. The topological polar surface area (TPSA) is 132 Å². The van der Waals surface area contributed by atoms with Gasteiger partial charge in [0.2, 0.25) is 11.8 Å². The van der Waals surface area contributed by atoms with Crippen molar-refractivity contribution in [2.45, 2.75) is 84.9 Å². The molecule has 0 aliphatic carbocycles. The second-order valence-electron chi connectivity index (χ2n) is 9.95. The number of aromatic hydroxyl groups is 1. The summed E-state index contributed by atoms with van der Waals surface area (Å²) in [5.41, 5.74) is -0.396. The Labute approximate surface area is 208 Å². The van der Waals surface area contributed by atoms with Gasteiger partial charge < -0.3 is 25.4 Å². The molecule has 2 unspecified atom stereocenters. The SMILES string of the molecule is CCCCCNC(=O)C(c1cccc(O)c1)N(CC#N)C(=O)C(CC(C)C)NC(=O)OC(C)(C)C. The third-order valence-electron chi connectivity index (χ3n) is 5.05. The molecule has 9 heteroatoms. The Bertz CT molecular complexity index is 888. The molecule has 0 fully saturated rings. The second kappa shape index (κ2) is 14.2. The van der Waals surface area contributed by atoms with E-state index in [1.807, 2.05) is 19.9 Å². The summed E-state index contributed by atoms with van der Waals surface area (Å²) in [4.78, 5) is 40.6. The number of carbonyl (C=O) groups is 3. The monoisotopic (exact) mass is 488 g/mol. The Hall–Kier alpha value is -3.28. The van der Waals surface area contributed by atoms with Crippen LogP contribution in [0.2, 0.25) is 0 Å². The molecule has 1 aromatic rings. The Morgan fingerprint density at radius 1 is 1.20 bits per heavy atom. The maximum atomic E-state index is 13.7. The molecule has 0 heterocycles. The average Bonchev–Trinajstić information content (AvgIpc) is 2.74. The number of nitriles is 1. The molecule has 0 radical (unpaired) electrons. The highest BCUT2D eigenvalue weighted by Gasteiger charge is 2.36. The Kier molecular flexibility index (Phi) is 12.1. The Balaban J connectivity index is 3.35. The van der Waals surface area contributed by atoms with Crippen LogP contribution in [-0.2, 0) is 14.3 Å². The number of alkyl carbamates (subject to hydrolysis) is 1. The number of nitrogens with one attached hydrogen (secondary N) is 2. The molecule has 3 amide bonds. The number of rotatable bonds is 12. The molecule has 0 aromatic heterocycles. The van der Waals surface area contributed by atoms with Gasteiger partial charge in [-0.2, -0.15) is 5.26 Å². The van der Waals surface area contributed by atoms with E-state index in [4.69, 9.17) is 4.74 Å². The van der Waals surface area contributed by atoms with E-state index in [2.05, 4.69) is 17.6 Å². The van der Waals surface area contributed by atoms with E-state index in [9.17, 15) is 24.8 Å². The van der Waals surface area contributed by atoms with Gasteiger partial charge >= 0.3 is 6.09 Å². The van der Waals surface area contributed by atoms with Gasteiger partial charge in [0.1, 0.15) is 30.0 Å². The third kappa shape index (κ3) is 10.7.